The lowest BCUT2D eigenvalue weighted by Gasteiger charge is -2.28. The van der Waals surface area contributed by atoms with Crippen molar-refractivity contribution in [2.75, 3.05) is 26.2 Å². The van der Waals surface area contributed by atoms with Crippen molar-refractivity contribution in [1.29, 1.82) is 0 Å². The summed E-state index contributed by atoms with van der Waals surface area (Å²) in [6.07, 6.45) is 7.51. The van der Waals surface area contributed by atoms with Gasteiger partial charge in [0.2, 0.25) is 10.0 Å². The number of sulfonamides is 1. The fourth-order valence-electron chi connectivity index (χ4n) is 4.59. The van der Waals surface area contributed by atoms with Crippen LogP contribution in [0.4, 0.5) is 0 Å². The molecule has 7 nitrogen and oxygen atoms in total. The van der Waals surface area contributed by atoms with Gasteiger partial charge in [0.15, 0.2) is 0 Å². The van der Waals surface area contributed by atoms with Crippen molar-refractivity contribution in [3.8, 4) is 0 Å². The van der Waals surface area contributed by atoms with Crippen molar-refractivity contribution < 1.29 is 13.2 Å². The molecule has 2 unspecified atom stereocenters. The third-order valence-electron chi connectivity index (χ3n) is 6.04. The predicted octanol–water partition coefficient (Wildman–Crippen LogP) is 1.17. The van der Waals surface area contributed by atoms with Gasteiger partial charge >= 0.3 is 0 Å². The van der Waals surface area contributed by atoms with Crippen LogP contribution in [-0.4, -0.2) is 66.4 Å². The Morgan fingerprint density at radius 2 is 1.85 bits per heavy atom. The Bertz CT molecular complexity index is 768. The molecule has 1 amide bonds. The molecule has 3 aliphatic heterocycles. The number of nitrogens with one attached hydrogen (secondary N) is 1. The van der Waals surface area contributed by atoms with Gasteiger partial charge in [-0.3, -0.25) is 4.79 Å². The van der Waals surface area contributed by atoms with E-state index in [1.807, 2.05) is 4.90 Å². The van der Waals surface area contributed by atoms with Gasteiger partial charge in [0.05, 0.1) is 0 Å². The molecule has 1 N–H and O–H groups in total. The van der Waals surface area contributed by atoms with E-state index in [0.29, 0.717) is 18.8 Å². The van der Waals surface area contributed by atoms with Crippen LogP contribution >= 0.6 is 0 Å². The largest absolute Gasteiger partial charge is 0.345 e. The second kappa shape index (κ2) is 6.98. The van der Waals surface area contributed by atoms with Crippen LogP contribution < -0.4 is 5.32 Å². The van der Waals surface area contributed by atoms with Gasteiger partial charge in [-0.1, -0.05) is 6.42 Å². The Hall–Kier alpha value is -1.38. The molecule has 0 aromatic carbocycles. The Balaban J connectivity index is 1.61. The summed E-state index contributed by atoms with van der Waals surface area (Å²) in [7, 11) is -1.75. The van der Waals surface area contributed by atoms with Crippen LogP contribution in [0, 0.1) is 0 Å². The van der Waals surface area contributed by atoms with E-state index in [1.54, 1.807) is 28.2 Å². The lowest BCUT2D eigenvalue weighted by Crippen LogP contribution is -2.43. The maximum atomic E-state index is 13.2. The number of amides is 1. The van der Waals surface area contributed by atoms with E-state index >= 15 is 0 Å². The quantitative estimate of drug-likeness (QED) is 0.854. The van der Waals surface area contributed by atoms with Crippen LogP contribution in [0.15, 0.2) is 17.2 Å². The maximum absolute atomic E-state index is 13.2. The molecule has 3 saturated heterocycles. The maximum Gasteiger partial charge on any atom is 0.271 e. The summed E-state index contributed by atoms with van der Waals surface area (Å²) in [6.45, 7) is 2.91. The minimum atomic E-state index is -3.52. The lowest BCUT2D eigenvalue weighted by atomic mass is 10.1. The standard InChI is InChI=1S/C18H28N4O3S/c1-20-13-16(26(24,25)21-9-3-2-4-10-21)11-17(20)18(23)22-14-5-6-15(22)12-19-8-7-14/h11,13-15,19H,2-10,12H2,1H3. The lowest BCUT2D eigenvalue weighted by molar-refractivity contribution is 0.0670. The van der Waals surface area contributed by atoms with Crippen molar-refractivity contribution in [3.63, 3.8) is 0 Å². The number of hydrogen-bond donors (Lipinski definition) is 1. The van der Waals surface area contributed by atoms with E-state index < -0.39 is 10.0 Å². The van der Waals surface area contributed by atoms with Gasteiger partial charge in [-0.2, -0.15) is 4.31 Å². The molecule has 144 valence electrons. The normalized spacial score (nSPS) is 27.5. The first-order valence-electron chi connectivity index (χ1n) is 9.68. The second-order valence-corrected chi connectivity index (χ2v) is 9.66. The molecule has 1 aromatic rings. The van der Waals surface area contributed by atoms with Gasteiger partial charge < -0.3 is 14.8 Å². The summed E-state index contributed by atoms with van der Waals surface area (Å²) in [5.74, 6) is -0.0382. The minimum Gasteiger partial charge on any atom is -0.345 e. The van der Waals surface area contributed by atoms with E-state index in [-0.39, 0.29) is 22.9 Å². The molecule has 2 atom stereocenters. The number of hydrogen-bond acceptors (Lipinski definition) is 4. The summed E-state index contributed by atoms with van der Waals surface area (Å²) in [5.41, 5.74) is 0.472. The second-order valence-electron chi connectivity index (χ2n) is 7.73. The molecule has 0 spiro atoms. The smallest absolute Gasteiger partial charge is 0.271 e. The van der Waals surface area contributed by atoms with Gasteiger partial charge in [0.25, 0.3) is 5.91 Å². The summed E-state index contributed by atoms with van der Waals surface area (Å²) >= 11 is 0. The highest BCUT2D eigenvalue weighted by molar-refractivity contribution is 7.89. The number of piperidine rings is 1. The Morgan fingerprint density at radius 3 is 2.62 bits per heavy atom. The van der Waals surface area contributed by atoms with Crippen molar-refractivity contribution in [3.05, 3.63) is 18.0 Å². The molecular formula is C18H28N4O3S. The van der Waals surface area contributed by atoms with Crippen LogP contribution in [-0.2, 0) is 17.1 Å². The molecule has 3 aliphatic rings. The van der Waals surface area contributed by atoms with Crippen molar-refractivity contribution >= 4 is 15.9 Å². The molecule has 0 aliphatic carbocycles. The number of nitrogens with zero attached hydrogens (tertiary/aromatic N) is 3. The van der Waals surface area contributed by atoms with Crippen LogP contribution in [0.25, 0.3) is 0 Å². The summed E-state index contributed by atoms with van der Waals surface area (Å²) < 4.78 is 29.1. The number of aryl methyl sites for hydroxylation is 1. The van der Waals surface area contributed by atoms with Crippen LogP contribution in [0.5, 0.6) is 0 Å². The Labute approximate surface area is 155 Å². The SMILES string of the molecule is Cn1cc(S(=O)(=O)N2CCCCC2)cc1C(=O)N1C2CCNCC1CC2. The van der Waals surface area contributed by atoms with Gasteiger partial charge in [-0.15, -0.1) is 0 Å². The molecule has 2 bridgehead atoms. The van der Waals surface area contributed by atoms with E-state index in [9.17, 15) is 13.2 Å². The predicted molar refractivity (Wildman–Crippen MR) is 98.5 cm³/mol. The van der Waals surface area contributed by atoms with E-state index in [4.69, 9.17) is 0 Å². The highest BCUT2D eigenvalue weighted by Crippen LogP contribution is 2.30. The highest BCUT2D eigenvalue weighted by Gasteiger charge is 2.39. The number of fused-ring (bicyclic) bond motifs is 2. The first-order valence-corrected chi connectivity index (χ1v) is 11.1. The molecule has 26 heavy (non-hydrogen) atoms. The first kappa shape index (κ1) is 18.0. The topological polar surface area (TPSA) is 74.7 Å². The highest BCUT2D eigenvalue weighted by atomic mass is 32.2. The average Bonchev–Trinajstić information content (AvgIpc) is 3.14. The van der Waals surface area contributed by atoms with Crippen molar-refractivity contribution in [2.24, 2.45) is 7.05 Å². The fourth-order valence-corrected chi connectivity index (χ4v) is 6.18. The van der Waals surface area contributed by atoms with Gasteiger partial charge in [-0.25, -0.2) is 8.42 Å². The minimum absolute atomic E-state index is 0.0382. The van der Waals surface area contributed by atoms with Crippen molar-refractivity contribution in [2.45, 2.75) is 55.5 Å². The molecule has 1 aromatic heterocycles. The third-order valence-corrected chi connectivity index (χ3v) is 7.90. The Morgan fingerprint density at radius 1 is 1.12 bits per heavy atom. The fraction of sp³-hybridized carbons (Fsp3) is 0.722. The molecule has 8 heteroatoms. The zero-order chi connectivity index (χ0) is 18.3. The van der Waals surface area contributed by atoms with E-state index in [0.717, 1.165) is 51.6 Å². The molecule has 0 radical (unpaired) electrons. The number of rotatable bonds is 3. The van der Waals surface area contributed by atoms with E-state index in [1.165, 1.54) is 0 Å². The molecular weight excluding hydrogens is 352 g/mol. The van der Waals surface area contributed by atoms with Gasteiger partial charge in [0.1, 0.15) is 10.6 Å². The van der Waals surface area contributed by atoms with Gasteiger partial charge in [-0.05, 0) is 44.7 Å². The van der Waals surface area contributed by atoms with Crippen LogP contribution in [0.1, 0.15) is 49.0 Å². The van der Waals surface area contributed by atoms with Crippen LogP contribution in [0.3, 0.4) is 0 Å². The number of carbonyl (C=O) groups excluding carboxylic acids is 1. The summed E-state index contributed by atoms with van der Waals surface area (Å²) in [4.78, 5) is 15.5. The molecule has 3 fully saturated rings. The molecule has 4 heterocycles. The molecule has 4 rings (SSSR count). The summed E-state index contributed by atoms with van der Waals surface area (Å²) in [6, 6.07) is 2.05. The zero-order valence-corrected chi connectivity index (χ0v) is 16.2. The van der Waals surface area contributed by atoms with Gasteiger partial charge in [0, 0.05) is 45.0 Å². The first-order chi connectivity index (χ1) is 12.5. The average molecular weight is 381 g/mol. The monoisotopic (exact) mass is 380 g/mol. The molecule has 0 saturated carbocycles. The van der Waals surface area contributed by atoms with Crippen LogP contribution in [0.2, 0.25) is 0 Å². The summed E-state index contributed by atoms with van der Waals surface area (Å²) in [5, 5.41) is 3.40. The Kier molecular flexibility index (Phi) is 4.83. The van der Waals surface area contributed by atoms with Crippen molar-refractivity contribution in [1.82, 2.24) is 19.1 Å². The van der Waals surface area contributed by atoms with E-state index in [2.05, 4.69) is 5.32 Å². The number of aromatic nitrogens is 1. The third kappa shape index (κ3) is 3.08. The number of carbonyl (C=O) groups is 1. The zero-order valence-electron chi connectivity index (χ0n) is 15.4.